The molecule has 1 aliphatic rings. The summed E-state index contributed by atoms with van der Waals surface area (Å²) < 4.78 is 5.98. The van der Waals surface area contributed by atoms with Crippen LogP contribution >= 0.6 is 32.9 Å². The van der Waals surface area contributed by atoms with E-state index in [2.05, 4.69) is 9.88 Å². The molecule has 2 heterocycles. The number of hydrogen-bond acceptors (Lipinski definition) is 6. The van der Waals surface area contributed by atoms with Gasteiger partial charge in [0.15, 0.2) is 9.09 Å². The van der Waals surface area contributed by atoms with E-state index in [4.69, 9.17) is 17.0 Å². The molecule has 2 rings (SSSR count). The minimum Gasteiger partial charge on any atom is -0.378 e. The number of rotatable bonds is 1. The number of nitrogens with zero attached hydrogens (tertiary/aromatic N) is 2. The Bertz CT molecular complexity index is 302. The molecule has 1 aliphatic heterocycles. The summed E-state index contributed by atoms with van der Waals surface area (Å²) in [6, 6.07) is 0. The van der Waals surface area contributed by atoms with E-state index in [1.807, 2.05) is 0 Å². The van der Waals surface area contributed by atoms with Crippen LogP contribution in [0, 0.1) is 3.95 Å². The molecular formula is C6H8N2OS3. The third-order valence-corrected chi connectivity index (χ3v) is 4.30. The Kier molecular flexibility index (Phi) is 2.69. The summed E-state index contributed by atoms with van der Waals surface area (Å²) >= 11 is 4.96. The first kappa shape index (κ1) is 8.55. The van der Waals surface area contributed by atoms with E-state index in [0.717, 1.165) is 35.4 Å². The van der Waals surface area contributed by atoms with Gasteiger partial charge in [-0.1, -0.05) is 0 Å². The fraction of sp³-hybridized carbons (Fsp3) is 0.667. The average molecular weight is 220 g/mol. The van der Waals surface area contributed by atoms with Gasteiger partial charge < -0.3 is 9.64 Å². The fourth-order valence-corrected chi connectivity index (χ4v) is 3.24. The van der Waals surface area contributed by atoms with Gasteiger partial charge in [0.25, 0.3) is 0 Å². The van der Waals surface area contributed by atoms with Crippen molar-refractivity contribution in [1.29, 1.82) is 0 Å². The zero-order chi connectivity index (χ0) is 8.39. The van der Waals surface area contributed by atoms with Crippen molar-refractivity contribution in [3.63, 3.8) is 0 Å². The van der Waals surface area contributed by atoms with Crippen LogP contribution in [0.1, 0.15) is 0 Å². The highest BCUT2D eigenvalue weighted by molar-refractivity contribution is 7.79. The van der Waals surface area contributed by atoms with Gasteiger partial charge in [-0.3, -0.25) is 0 Å². The zero-order valence-electron chi connectivity index (χ0n) is 6.36. The molecule has 1 aromatic rings. The second-order valence-electron chi connectivity index (χ2n) is 2.43. The lowest BCUT2D eigenvalue weighted by atomic mass is 10.5. The number of aromatic nitrogens is 1. The molecule has 1 saturated heterocycles. The highest BCUT2D eigenvalue weighted by Gasteiger charge is 2.13. The Morgan fingerprint density at radius 3 is 2.67 bits per heavy atom. The molecule has 0 aromatic carbocycles. The van der Waals surface area contributed by atoms with Crippen LogP contribution < -0.4 is 4.90 Å². The lowest BCUT2D eigenvalue weighted by molar-refractivity contribution is 0.122. The molecule has 0 aliphatic carbocycles. The van der Waals surface area contributed by atoms with Gasteiger partial charge >= 0.3 is 0 Å². The van der Waals surface area contributed by atoms with E-state index < -0.39 is 0 Å². The number of hydrogen-bond donors (Lipinski definition) is 0. The van der Waals surface area contributed by atoms with Gasteiger partial charge in [0, 0.05) is 13.1 Å². The van der Waals surface area contributed by atoms with Gasteiger partial charge in [-0.05, 0) is 32.9 Å². The van der Waals surface area contributed by atoms with Crippen molar-refractivity contribution in [2.75, 3.05) is 31.2 Å². The minimum atomic E-state index is 0.737. The first-order chi connectivity index (χ1) is 5.86. The molecular weight excluding hydrogens is 212 g/mol. The Labute approximate surface area is 83.0 Å². The highest BCUT2D eigenvalue weighted by atomic mass is 32.9. The Morgan fingerprint density at radius 1 is 1.33 bits per heavy atom. The molecule has 0 radical (unpaired) electrons. The van der Waals surface area contributed by atoms with Crippen LogP contribution in [0.4, 0.5) is 5.13 Å². The molecule has 0 N–H and O–H groups in total. The standard InChI is InChI=1S/C6H8N2OS3/c10-6-7-5(11-12-6)8-1-3-9-4-2-8/h1-4H2. The summed E-state index contributed by atoms with van der Waals surface area (Å²) in [5.41, 5.74) is 0. The number of anilines is 1. The third-order valence-electron chi connectivity index (χ3n) is 1.66. The van der Waals surface area contributed by atoms with Crippen molar-refractivity contribution in [2.24, 2.45) is 0 Å². The molecule has 3 nitrogen and oxygen atoms in total. The molecule has 1 aromatic heterocycles. The molecule has 0 atom stereocenters. The van der Waals surface area contributed by atoms with Crippen molar-refractivity contribution >= 4 is 38.0 Å². The molecule has 12 heavy (non-hydrogen) atoms. The number of morpholine rings is 1. The Morgan fingerprint density at radius 2 is 2.08 bits per heavy atom. The summed E-state index contributed by atoms with van der Waals surface area (Å²) in [4.78, 5) is 6.48. The van der Waals surface area contributed by atoms with Gasteiger partial charge in [0.1, 0.15) is 0 Å². The van der Waals surface area contributed by atoms with Gasteiger partial charge in [-0.25, -0.2) is 0 Å². The number of ether oxygens (including phenoxy) is 1. The zero-order valence-corrected chi connectivity index (χ0v) is 8.81. The summed E-state index contributed by atoms with van der Waals surface area (Å²) in [5.74, 6) is 0. The minimum absolute atomic E-state index is 0.737. The first-order valence-corrected chi connectivity index (χ1v) is 6.22. The van der Waals surface area contributed by atoms with E-state index in [1.54, 1.807) is 20.7 Å². The molecule has 0 spiro atoms. The molecule has 0 unspecified atom stereocenters. The molecule has 0 bridgehead atoms. The van der Waals surface area contributed by atoms with Gasteiger partial charge in [-0.2, -0.15) is 4.98 Å². The smallest absolute Gasteiger partial charge is 0.197 e. The summed E-state index contributed by atoms with van der Waals surface area (Å²) in [7, 11) is 3.21. The van der Waals surface area contributed by atoms with Gasteiger partial charge in [0.2, 0.25) is 0 Å². The molecule has 6 heteroatoms. The monoisotopic (exact) mass is 220 g/mol. The van der Waals surface area contributed by atoms with Crippen molar-refractivity contribution in [3.8, 4) is 0 Å². The van der Waals surface area contributed by atoms with Gasteiger partial charge in [0.05, 0.1) is 13.2 Å². The lowest BCUT2D eigenvalue weighted by Crippen LogP contribution is -2.36. The van der Waals surface area contributed by atoms with Gasteiger partial charge in [-0.15, -0.1) is 0 Å². The summed E-state index contributed by atoms with van der Waals surface area (Å²) in [6.45, 7) is 3.48. The van der Waals surface area contributed by atoms with Crippen LogP contribution in [-0.2, 0) is 4.74 Å². The first-order valence-electron chi connectivity index (χ1n) is 3.66. The van der Waals surface area contributed by atoms with Crippen LogP contribution in [0.25, 0.3) is 0 Å². The van der Waals surface area contributed by atoms with Crippen molar-refractivity contribution in [3.05, 3.63) is 3.95 Å². The van der Waals surface area contributed by atoms with Crippen LogP contribution in [-0.4, -0.2) is 31.3 Å². The molecule has 66 valence electrons. The van der Waals surface area contributed by atoms with Crippen LogP contribution in [0.5, 0.6) is 0 Å². The maximum atomic E-state index is 5.24. The van der Waals surface area contributed by atoms with Crippen LogP contribution in [0.3, 0.4) is 0 Å². The maximum absolute atomic E-state index is 5.24. The molecule has 0 amide bonds. The second kappa shape index (κ2) is 3.78. The summed E-state index contributed by atoms with van der Waals surface area (Å²) in [6.07, 6.45) is 0. The summed E-state index contributed by atoms with van der Waals surface area (Å²) in [5, 5.41) is 1.05. The quantitative estimate of drug-likeness (QED) is 0.532. The van der Waals surface area contributed by atoms with E-state index in [0.29, 0.717) is 0 Å². The predicted molar refractivity (Wildman–Crippen MR) is 53.9 cm³/mol. The second-order valence-corrected chi connectivity index (χ2v) is 5.16. The van der Waals surface area contributed by atoms with E-state index in [-0.39, 0.29) is 0 Å². The lowest BCUT2D eigenvalue weighted by Gasteiger charge is -2.25. The van der Waals surface area contributed by atoms with Crippen LogP contribution in [0.2, 0.25) is 0 Å². The van der Waals surface area contributed by atoms with E-state index >= 15 is 0 Å². The molecule has 0 saturated carbocycles. The van der Waals surface area contributed by atoms with Crippen molar-refractivity contribution in [2.45, 2.75) is 0 Å². The van der Waals surface area contributed by atoms with Crippen molar-refractivity contribution in [1.82, 2.24) is 4.98 Å². The highest BCUT2D eigenvalue weighted by Crippen LogP contribution is 2.23. The fourth-order valence-electron chi connectivity index (χ4n) is 1.07. The van der Waals surface area contributed by atoms with Crippen molar-refractivity contribution < 1.29 is 4.74 Å². The largest absolute Gasteiger partial charge is 0.378 e. The van der Waals surface area contributed by atoms with Crippen LogP contribution in [0.15, 0.2) is 0 Å². The SMILES string of the molecule is S=c1nc(N2CCOCC2)ss1. The normalized spacial score (nSPS) is 18.2. The van der Waals surface area contributed by atoms with E-state index in [1.165, 1.54) is 0 Å². The maximum Gasteiger partial charge on any atom is 0.197 e. The average Bonchev–Trinajstić information content (AvgIpc) is 2.54. The third kappa shape index (κ3) is 1.82. The van der Waals surface area contributed by atoms with E-state index in [9.17, 15) is 0 Å². The predicted octanol–water partition coefficient (Wildman–Crippen LogP) is 1.77. The molecule has 1 fully saturated rings. The Balaban J connectivity index is 2.13. The topological polar surface area (TPSA) is 25.4 Å². The Hall–Kier alpha value is -0.0400.